The van der Waals surface area contributed by atoms with Crippen LogP contribution >= 0.6 is 0 Å². The zero-order chi connectivity index (χ0) is 20.1. The highest BCUT2D eigenvalue weighted by molar-refractivity contribution is 7.80. The summed E-state index contributed by atoms with van der Waals surface area (Å²) in [5.41, 5.74) is 0.660. The van der Waals surface area contributed by atoms with Gasteiger partial charge in [-0.05, 0) is 65.5 Å². The largest absolute Gasteiger partial charge is 0.444 e. The molecule has 0 bridgehead atoms. The average molecular weight is 420 g/mol. The number of hydrogen-bond donors (Lipinski definition) is 1. The van der Waals surface area contributed by atoms with Crippen molar-refractivity contribution in [3.63, 3.8) is 0 Å². The molecule has 0 aliphatic rings. The maximum absolute atomic E-state index is 11.9. The van der Waals surface area contributed by atoms with E-state index < -0.39 is 22.8 Å². The molecule has 28 heavy (non-hydrogen) atoms. The van der Waals surface area contributed by atoms with E-state index in [1.165, 1.54) is 0 Å². The Morgan fingerprint density at radius 1 is 1.04 bits per heavy atom. The number of aryl methyl sites for hydroxylation is 1. The molecule has 1 aromatic rings. The van der Waals surface area contributed by atoms with Crippen LogP contribution in [0.4, 0.5) is 4.79 Å². The Labute approximate surface area is 172 Å². The smallest absolute Gasteiger partial charge is 0.407 e. The van der Waals surface area contributed by atoms with Crippen molar-refractivity contribution in [2.75, 3.05) is 26.4 Å². The number of rotatable bonds is 12. The van der Waals surface area contributed by atoms with Crippen molar-refractivity contribution in [1.82, 2.24) is 5.32 Å². The van der Waals surface area contributed by atoms with Crippen LogP contribution in [-0.2, 0) is 24.7 Å². The molecule has 1 atom stereocenters. The molecule has 8 heteroatoms. The number of nitrogens with one attached hydrogen (secondary N) is 1. The van der Waals surface area contributed by atoms with Gasteiger partial charge in [-0.15, -0.1) is 0 Å². The third kappa shape index (κ3) is 13.7. The van der Waals surface area contributed by atoms with Gasteiger partial charge in [0.25, 0.3) is 0 Å². The van der Waals surface area contributed by atoms with Crippen LogP contribution in [0.2, 0.25) is 0 Å². The van der Waals surface area contributed by atoms with Crippen molar-refractivity contribution in [1.29, 1.82) is 0 Å². The first-order valence-corrected chi connectivity index (χ1v) is 10.5. The topological polar surface area (TPSA) is 105 Å². The van der Waals surface area contributed by atoms with E-state index in [2.05, 4.69) is 5.32 Å². The molecule has 0 heterocycles. The van der Waals surface area contributed by atoms with Crippen molar-refractivity contribution in [2.45, 2.75) is 63.9 Å². The predicted octanol–water partition coefficient (Wildman–Crippen LogP) is 3.56. The van der Waals surface area contributed by atoms with Crippen LogP contribution in [0.25, 0.3) is 0 Å². The van der Waals surface area contributed by atoms with Crippen molar-refractivity contribution in [3.05, 3.63) is 29.8 Å². The summed E-state index contributed by atoms with van der Waals surface area (Å²) in [7, 11) is 0. The van der Waals surface area contributed by atoms with E-state index in [0.717, 1.165) is 31.2 Å². The number of amides is 1. The van der Waals surface area contributed by atoms with Crippen LogP contribution in [0, 0.1) is 6.92 Å². The number of ether oxygens (including phenoxy) is 2. The molecule has 1 aromatic carbocycles. The minimum absolute atomic E-state index is 0. The minimum Gasteiger partial charge on any atom is -0.444 e. The van der Waals surface area contributed by atoms with E-state index in [1.54, 1.807) is 0 Å². The van der Waals surface area contributed by atoms with E-state index in [0.29, 0.717) is 31.3 Å². The van der Waals surface area contributed by atoms with E-state index in [9.17, 15) is 9.00 Å². The molecule has 0 aliphatic carbocycles. The van der Waals surface area contributed by atoms with Gasteiger partial charge in [0, 0.05) is 21.2 Å². The molecular formula is C20H37NO6S. The van der Waals surface area contributed by atoms with Gasteiger partial charge in [-0.25, -0.2) is 9.00 Å². The molecule has 7 nitrogen and oxygen atoms in total. The molecule has 0 aliphatic heterocycles. The first-order valence-electron chi connectivity index (χ1n) is 9.44. The third-order valence-electron chi connectivity index (χ3n) is 3.47. The van der Waals surface area contributed by atoms with Gasteiger partial charge in [0.05, 0.1) is 11.5 Å². The lowest BCUT2D eigenvalue weighted by molar-refractivity contribution is 0.0519. The molecule has 1 unspecified atom stereocenters. The van der Waals surface area contributed by atoms with Crippen LogP contribution in [-0.4, -0.2) is 47.7 Å². The van der Waals surface area contributed by atoms with Gasteiger partial charge in [-0.2, -0.15) is 0 Å². The first-order chi connectivity index (χ1) is 12.8. The molecule has 3 N–H and O–H groups in total. The van der Waals surface area contributed by atoms with Gasteiger partial charge in [-0.3, -0.25) is 4.18 Å². The second-order valence-corrected chi connectivity index (χ2v) is 8.50. The quantitative estimate of drug-likeness (QED) is 0.522. The average Bonchev–Trinajstić information content (AvgIpc) is 2.58. The monoisotopic (exact) mass is 419 g/mol. The lowest BCUT2D eigenvalue weighted by Crippen LogP contribution is -2.33. The maximum Gasteiger partial charge on any atom is 0.407 e. The number of alkyl carbamates (subject to hydrolysis) is 1. The highest BCUT2D eigenvalue weighted by Crippen LogP contribution is 2.10. The zero-order valence-electron chi connectivity index (χ0n) is 17.4. The molecular weight excluding hydrogens is 382 g/mol. The van der Waals surface area contributed by atoms with Gasteiger partial charge in [0.15, 0.2) is 11.1 Å². The molecule has 0 saturated heterocycles. The molecule has 164 valence electrons. The Morgan fingerprint density at radius 3 is 2.29 bits per heavy atom. The predicted molar refractivity (Wildman–Crippen MR) is 113 cm³/mol. The molecule has 1 rings (SSSR count). The van der Waals surface area contributed by atoms with E-state index in [1.807, 2.05) is 52.0 Å². The summed E-state index contributed by atoms with van der Waals surface area (Å²) < 4.78 is 28.0. The highest BCUT2D eigenvalue weighted by Gasteiger charge is 2.15. The zero-order valence-corrected chi connectivity index (χ0v) is 18.2. The molecule has 0 saturated carbocycles. The second kappa shape index (κ2) is 14.5. The molecule has 1 amide bonds. The highest BCUT2D eigenvalue weighted by atomic mass is 32.2. The fourth-order valence-electron chi connectivity index (χ4n) is 2.12. The van der Waals surface area contributed by atoms with Crippen LogP contribution in [0.3, 0.4) is 0 Å². The van der Waals surface area contributed by atoms with Crippen LogP contribution < -0.4 is 5.32 Å². The summed E-state index contributed by atoms with van der Waals surface area (Å²) in [5, 5.41) is 2.70. The van der Waals surface area contributed by atoms with Crippen molar-refractivity contribution in [2.24, 2.45) is 0 Å². The standard InChI is InChI=1S/C20H33NO5S.H2O.H2/c1-17-9-11-18(12-10-17)27(23)25-16-7-5-6-14-24-15-8-13-21-19(22)26-20(2,3)4;;/h9-12H,5-8,13-16H2,1-4H3,(H,21,22);1H2;1H. The fraction of sp³-hybridized carbons (Fsp3) is 0.650. The summed E-state index contributed by atoms with van der Waals surface area (Å²) in [6, 6.07) is 7.52. The van der Waals surface area contributed by atoms with Crippen LogP contribution in [0.15, 0.2) is 29.2 Å². The maximum atomic E-state index is 11.9. The van der Waals surface area contributed by atoms with Crippen LogP contribution in [0.1, 0.15) is 53.4 Å². The Hall–Kier alpha value is -1.48. The Morgan fingerprint density at radius 2 is 1.64 bits per heavy atom. The number of unbranched alkanes of at least 4 members (excludes halogenated alkanes) is 2. The van der Waals surface area contributed by atoms with Gasteiger partial charge < -0.3 is 20.3 Å². The third-order valence-corrected chi connectivity index (χ3v) is 4.51. The second-order valence-electron chi connectivity index (χ2n) is 7.32. The molecule has 0 radical (unpaired) electrons. The van der Waals surface area contributed by atoms with Gasteiger partial charge >= 0.3 is 6.09 Å². The summed E-state index contributed by atoms with van der Waals surface area (Å²) in [6.45, 7) is 9.78. The first kappa shape index (κ1) is 26.5. The Balaban J connectivity index is 0. The molecule has 0 spiro atoms. The molecule has 0 aromatic heterocycles. The van der Waals surface area contributed by atoms with Crippen LogP contribution in [0.5, 0.6) is 0 Å². The summed E-state index contributed by atoms with van der Waals surface area (Å²) in [5.74, 6) is 0. The Bertz CT molecular complexity index is 577. The minimum atomic E-state index is -1.39. The van der Waals surface area contributed by atoms with Crippen molar-refractivity contribution in [3.8, 4) is 0 Å². The normalized spacial score (nSPS) is 12.1. The van der Waals surface area contributed by atoms with Gasteiger partial charge in [-0.1, -0.05) is 17.7 Å². The number of carbonyl (C=O) groups excluding carboxylic acids is 1. The van der Waals surface area contributed by atoms with E-state index >= 15 is 0 Å². The van der Waals surface area contributed by atoms with Crippen molar-refractivity contribution < 1.29 is 29.6 Å². The number of hydrogen-bond acceptors (Lipinski definition) is 5. The lowest BCUT2D eigenvalue weighted by atomic mass is 10.2. The number of benzene rings is 1. The summed E-state index contributed by atoms with van der Waals surface area (Å²) >= 11 is -1.39. The lowest BCUT2D eigenvalue weighted by Gasteiger charge is -2.19. The Kier molecular flexibility index (Phi) is 13.7. The van der Waals surface area contributed by atoms with Crippen molar-refractivity contribution >= 4 is 17.2 Å². The SMILES string of the molecule is Cc1ccc(S(=O)OCCCCCOCCCNC(=O)OC(C)(C)C)cc1.O.[HH]. The molecule has 0 fully saturated rings. The van der Waals surface area contributed by atoms with Gasteiger partial charge in [0.1, 0.15) is 5.60 Å². The van der Waals surface area contributed by atoms with E-state index in [4.69, 9.17) is 13.7 Å². The summed E-state index contributed by atoms with van der Waals surface area (Å²) in [4.78, 5) is 12.1. The van der Waals surface area contributed by atoms with E-state index in [-0.39, 0.29) is 6.90 Å². The number of carbonyl (C=O) groups is 1. The summed E-state index contributed by atoms with van der Waals surface area (Å²) in [6.07, 6.45) is 3.09. The van der Waals surface area contributed by atoms with Gasteiger partial charge in [0.2, 0.25) is 0 Å². The fourth-order valence-corrected chi connectivity index (χ4v) is 2.88.